The van der Waals surface area contributed by atoms with Crippen molar-refractivity contribution in [2.45, 2.75) is 0 Å². The summed E-state index contributed by atoms with van der Waals surface area (Å²) in [4.78, 5) is 45.9. The van der Waals surface area contributed by atoms with Crippen LogP contribution in [0.4, 0.5) is 0 Å². The Bertz CT molecular complexity index is 10200. The smallest absolute Gasteiger partial charge is 0.237 e. The molecule has 0 N–H and O–H groups in total. The standard InChI is InChI=1S/C41H24N4S.2C39H22N4S/c1-2-12-25(13-3-1)26-14-10-15-27(24-26)37-32-20-11-23-42-40(32)44-41(43-37)45-33-21-8-6-18-30(33)36-38(45)29-17-5-4-16-28(29)35-31-19-7-9-22-34(31)46-39(35)36;1-2-13-24-23(11-1)12-9-18-26(24)35-30-19-10-22-40-38(30)42-39(41-35)43-31-20-7-5-16-28(31)34-36(43)27-15-4-3-14-25(27)33-29-17-6-8-21-32(29)44-37(33)34;1-2-11-24-22-25(20-19-23(24)10-1)35-30-16-9-21-40-38(30)42-39(41-35)43-31-17-7-5-14-28(31)34-36(43)27-13-4-3-12-26(27)33-29-15-6-8-18-32(29)44-37(33)34/h1-24H;2*1-22H. The van der Waals surface area contributed by atoms with E-state index in [1.807, 2.05) is 76.9 Å². The summed E-state index contributed by atoms with van der Waals surface area (Å²) < 4.78 is 14.5. The van der Waals surface area contributed by atoms with Crippen molar-refractivity contribution < 1.29 is 0 Å². The van der Waals surface area contributed by atoms with E-state index in [4.69, 9.17) is 44.9 Å². The van der Waals surface area contributed by atoms with Crippen molar-refractivity contribution in [3.8, 4) is 62.7 Å². The molecule has 622 valence electrons. The van der Waals surface area contributed by atoms with Crippen molar-refractivity contribution in [2.24, 2.45) is 0 Å². The van der Waals surface area contributed by atoms with Crippen LogP contribution in [0.25, 0.3) is 276 Å². The Morgan fingerprint density at radius 1 is 0.187 bits per heavy atom. The van der Waals surface area contributed by atoms with Crippen LogP contribution in [-0.4, -0.2) is 58.6 Å². The molecule has 12 nitrogen and oxygen atoms in total. The van der Waals surface area contributed by atoms with E-state index < -0.39 is 0 Å². The molecule has 30 rings (SSSR count). The predicted octanol–water partition coefficient (Wildman–Crippen LogP) is 31.9. The van der Waals surface area contributed by atoms with E-state index in [-0.39, 0.29) is 0 Å². The summed E-state index contributed by atoms with van der Waals surface area (Å²) in [5.41, 5.74) is 16.7. The first-order chi connectivity index (χ1) is 66.5. The molecule has 0 radical (unpaired) electrons. The second kappa shape index (κ2) is 30.2. The molecule has 134 heavy (non-hydrogen) atoms. The van der Waals surface area contributed by atoms with Gasteiger partial charge in [-0.2, -0.15) is 15.0 Å². The Hall–Kier alpha value is -17.2. The van der Waals surface area contributed by atoms with Crippen molar-refractivity contribution >= 4 is 247 Å². The van der Waals surface area contributed by atoms with E-state index in [0.29, 0.717) is 34.8 Å². The topological polar surface area (TPSA) is 131 Å². The molecule has 18 aromatic carbocycles. The van der Waals surface area contributed by atoms with Crippen LogP contribution in [-0.2, 0) is 0 Å². The molecule has 12 aromatic heterocycles. The van der Waals surface area contributed by atoms with Crippen LogP contribution >= 0.6 is 34.0 Å². The zero-order valence-electron chi connectivity index (χ0n) is 71.4. The molecule has 12 heterocycles. The van der Waals surface area contributed by atoms with Crippen molar-refractivity contribution in [1.82, 2.24) is 58.6 Å². The van der Waals surface area contributed by atoms with Gasteiger partial charge in [0.25, 0.3) is 0 Å². The van der Waals surface area contributed by atoms with Crippen molar-refractivity contribution in [1.29, 1.82) is 0 Å². The lowest BCUT2D eigenvalue weighted by atomic mass is 10.00. The molecule has 0 spiro atoms. The maximum absolute atomic E-state index is 5.41. The number of hydrogen-bond acceptors (Lipinski definition) is 12. The molecule has 0 saturated carbocycles. The maximum Gasteiger partial charge on any atom is 0.237 e. The Kier molecular flexibility index (Phi) is 17.1. The van der Waals surface area contributed by atoms with E-state index in [1.54, 1.807) is 0 Å². The first kappa shape index (κ1) is 75.7. The lowest BCUT2D eigenvalue weighted by molar-refractivity contribution is 1.01. The quantitative estimate of drug-likeness (QED) is 0.153. The lowest BCUT2D eigenvalue weighted by Gasteiger charge is -2.13. The molecule has 0 bridgehead atoms. The van der Waals surface area contributed by atoms with Gasteiger partial charge >= 0.3 is 0 Å². The highest BCUT2D eigenvalue weighted by atomic mass is 32.1. The monoisotopic (exact) mass is 1760 g/mol. The fourth-order valence-electron chi connectivity index (χ4n) is 21.0. The molecule has 0 amide bonds. The van der Waals surface area contributed by atoms with Gasteiger partial charge in [0.05, 0.1) is 50.2 Å². The van der Waals surface area contributed by atoms with Crippen LogP contribution in [0.15, 0.2) is 413 Å². The number of rotatable bonds is 7. The van der Waals surface area contributed by atoms with Gasteiger partial charge in [-0.15, -0.1) is 34.0 Å². The summed E-state index contributed by atoms with van der Waals surface area (Å²) in [5, 5.41) is 29.9. The number of pyridine rings is 3. The summed E-state index contributed by atoms with van der Waals surface area (Å²) in [5.74, 6) is 1.86. The number of fused-ring (bicyclic) bond motifs is 35. The zero-order chi connectivity index (χ0) is 87.7. The average molecular weight is 1760 g/mol. The van der Waals surface area contributed by atoms with E-state index in [1.165, 1.54) is 147 Å². The summed E-state index contributed by atoms with van der Waals surface area (Å²) in [6, 6.07) is 140. The van der Waals surface area contributed by atoms with Gasteiger partial charge in [-0.05, 0) is 134 Å². The fraction of sp³-hybridized carbons (Fsp3) is 0. The van der Waals surface area contributed by atoms with Crippen molar-refractivity contribution in [3.05, 3.63) is 413 Å². The molecule has 0 fully saturated rings. The number of benzene rings is 18. The van der Waals surface area contributed by atoms with Crippen molar-refractivity contribution in [2.75, 3.05) is 0 Å². The molecule has 15 heteroatoms. The highest BCUT2D eigenvalue weighted by Crippen LogP contribution is 2.53. The zero-order valence-corrected chi connectivity index (χ0v) is 73.8. The number of hydrogen-bond donors (Lipinski definition) is 0. The van der Waals surface area contributed by atoms with Crippen LogP contribution in [0.5, 0.6) is 0 Å². The highest BCUT2D eigenvalue weighted by molar-refractivity contribution is 7.28. The van der Waals surface area contributed by atoms with Gasteiger partial charge in [-0.25, -0.2) is 29.9 Å². The third-order valence-corrected chi connectivity index (χ3v) is 30.3. The number of thiophene rings is 3. The number of nitrogens with zero attached hydrogens (tertiary/aromatic N) is 12. The second-order valence-electron chi connectivity index (χ2n) is 34.0. The molecule has 30 aromatic rings. The minimum atomic E-state index is 0.614. The average Bonchev–Trinajstić information content (AvgIpc) is 1.54. The Morgan fingerprint density at radius 2 is 0.507 bits per heavy atom. The van der Waals surface area contributed by atoms with Crippen LogP contribution in [0.1, 0.15) is 0 Å². The number of para-hydroxylation sites is 3. The Morgan fingerprint density at radius 3 is 0.963 bits per heavy atom. The van der Waals surface area contributed by atoms with E-state index in [9.17, 15) is 0 Å². The van der Waals surface area contributed by atoms with Crippen LogP contribution in [0.3, 0.4) is 0 Å². The molecule has 0 aliphatic rings. The van der Waals surface area contributed by atoms with Gasteiger partial charge in [0, 0.05) is 160 Å². The second-order valence-corrected chi connectivity index (χ2v) is 37.2. The lowest BCUT2D eigenvalue weighted by Crippen LogP contribution is -2.04. The molecular weight excluding hydrogens is 1690 g/mol. The summed E-state index contributed by atoms with van der Waals surface area (Å²) in [6.07, 6.45) is 5.44. The predicted molar refractivity (Wildman–Crippen MR) is 563 cm³/mol. The van der Waals surface area contributed by atoms with E-state index in [2.05, 4.69) is 384 Å². The molecule has 0 saturated heterocycles. The largest absolute Gasteiger partial charge is 0.277 e. The van der Waals surface area contributed by atoms with Gasteiger partial charge < -0.3 is 0 Å². The SMILES string of the molecule is c1ccc(-c2cccc(-c3nc(-n4c5ccccc5c5c6sc7ccccc7c6c6ccccc6c54)nc4ncccc34)c2)cc1.c1ccc2c(-c3nc(-n4c5ccccc5c5c6sc7ccccc7c6c6ccccc6c54)nc4ncccc34)cccc2c1.c1ccc2cc(-c3nc(-n4c5ccccc5c5c6sc7ccccc7c6c6ccccc6c54)nc4ncccc34)ccc2c1. The van der Waals surface area contributed by atoms with Gasteiger partial charge in [0.1, 0.15) is 0 Å². The molecular formula is C119H68N12S3. The molecule has 0 aliphatic heterocycles. The Balaban J connectivity index is 0.000000100. The van der Waals surface area contributed by atoms with Crippen molar-refractivity contribution in [3.63, 3.8) is 0 Å². The summed E-state index contributed by atoms with van der Waals surface area (Å²) in [7, 11) is 0. The van der Waals surface area contributed by atoms with Gasteiger partial charge in [-0.1, -0.05) is 309 Å². The summed E-state index contributed by atoms with van der Waals surface area (Å²) in [6.45, 7) is 0. The van der Waals surface area contributed by atoms with Crippen LogP contribution < -0.4 is 0 Å². The Labute approximate surface area is 775 Å². The molecule has 0 atom stereocenters. The third-order valence-electron chi connectivity index (χ3n) is 26.7. The molecule has 0 aliphatic carbocycles. The van der Waals surface area contributed by atoms with Gasteiger partial charge in [0.15, 0.2) is 16.9 Å². The van der Waals surface area contributed by atoms with Crippen LogP contribution in [0.2, 0.25) is 0 Å². The normalized spacial score (nSPS) is 12.0. The van der Waals surface area contributed by atoms with Crippen LogP contribution in [0, 0.1) is 0 Å². The van der Waals surface area contributed by atoms with Gasteiger partial charge in [-0.3, -0.25) is 13.7 Å². The van der Waals surface area contributed by atoms with E-state index in [0.717, 1.165) is 94.0 Å². The number of aromatic nitrogens is 12. The molecule has 0 unspecified atom stereocenters. The first-order valence-electron chi connectivity index (χ1n) is 44.8. The fourth-order valence-corrected chi connectivity index (χ4v) is 24.9. The van der Waals surface area contributed by atoms with E-state index >= 15 is 0 Å². The third kappa shape index (κ3) is 11.6. The minimum Gasteiger partial charge on any atom is -0.277 e. The first-order valence-corrected chi connectivity index (χ1v) is 47.2. The maximum atomic E-state index is 5.41. The van der Waals surface area contributed by atoms with Gasteiger partial charge in [0.2, 0.25) is 17.8 Å². The highest BCUT2D eigenvalue weighted by Gasteiger charge is 2.30. The minimum absolute atomic E-state index is 0.614. The summed E-state index contributed by atoms with van der Waals surface area (Å²) >= 11 is 5.60.